The summed E-state index contributed by atoms with van der Waals surface area (Å²) in [5, 5.41) is 6.51. The zero-order valence-electron chi connectivity index (χ0n) is 11.6. The van der Waals surface area contributed by atoms with Crippen LogP contribution in [0.5, 0.6) is 0 Å². The molecule has 2 amide bonds. The van der Waals surface area contributed by atoms with E-state index in [1.54, 1.807) is 29.5 Å². The van der Waals surface area contributed by atoms with Gasteiger partial charge in [-0.3, -0.25) is 9.59 Å². The molecule has 5 nitrogen and oxygen atoms in total. The first kappa shape index (κ1) is 13.8. The summed E-state index contributed by atoms with van der Waals surface area (Å²) in [5.41, 5.74) is 2.23. The molecule has 0 unspecified atom stereocenters. The van der Waals surface area contributed by atoms with Crippen LogP contribution in [0.25, 0.3) is 0 Å². The van der Waals surface area contributed by atoms with Crippen molar-refractivity contribution < 1.29 is 9.59 Å². The molecular formula is C15H15N3O2S. The molecule has 1 aliphatic rings. The Labute approximate surface area is 126 Å². The summed E-state index contributed by atoms with van der Waals surface area (Å²) >= 11 is 1.61. The standard InChI is InChI=1S/C15H15N3O2S/c1-2-11-7-16-14(21-11)8-17-15(20)9-3-4-12-10(5-9)6-13(19)18-12/h3-5,7H,2,6,8H2,1H3,(H,17,20)(H,18,19). The van der Waals surface area contributed by atoms with E-state index in [9.17, 15) is 9.59 Å². The van der Waals surface area contributed by atoms with Crippen LogP contribution >= 0.6 is 11.3 Å². The van der Waals surface area contributed by atoms with Gasteiger partial charge in [0.05, 0.1) is 13.0 Å². The van der Waals surface area contributed by atoms with E-state index in [0.29, 0.717) is 18.5 Å². The molecule has 0 atom stereocenters. The highest BCUT2D eigenvalue weighted by molar-refractivity contribution is 7.11. The van der Waals surface area contributed by atoms with Crippen LogP contribution in [0.2, 0.25) is 0 Å². The lowest BCUT2D eigenvalue weighted by atomic mass is 10.1. The maximum atomic E-state index is 12.1. The van der Waals surface area contributed by atoms with E-state index >= 15 is 0 Å². The Morgan fingerprint density at radius 1 is 1.48 bits per heavy atom. The minimum absolute atomic E-state index is 0.0301. The Morgan fingerprint density at radius 2 is 2.33 bits per heavy atom. The molecule has 1 aromatic carbocycles. The summed E-state index contributed by atoms with van der Waals surface area (Å²) in [5.74, 6) is -0.178. The minimum Gasteiger partial charge on any atom is -0.346 e. The topological polar surface area (TPSA) is 71.1 Å². The number of nitrogens with one attached hydrogen (secondary N) is 2. The zero-order valence-corrected chi connectivity index (χ0v) is 12.4. The van der Waals surface area contributed by atoms with Gasteiger partial charge >= 0.3 is 0 Å². The molecule has 3 rings (SSSR count). The highest BCUT2D eigenvalue weighted by Crippen LogP contribution is 2.23. The van der Waals surface area contributed by atoms with Crippen LogP contribution in [0, 0.1) is 0 Å². The largest absolute Gasteiger partial charge is 0.346 e. The molecule has 21 heavy (non-hydrogen) atoms. The first-order chi connectivity index (χ1) is 10.2. The van der Waals surface area contributed by atoms with Crippen molar-refractivity contribution >= 4 is 28.8 Å². The van der Waals surface area contributed by atoms with Gasteiger partial charge in [0.2, 0.25) is 5.91 Å². The summed E-state index contributed by atoms with van der Waals surface area (Å²) < 4.78 is 0. The molecule has 1 aliphatic heterocycles. The van der Waals surface area contributed by atoms with Crippen LogP contribution in [-0.4, -0.2) is 16.8 Å². The van der Waals surface area contributed by atoms with Gasteiger partial charge in [-0.2, -0.15) is 0 Å². The van der Waals surface area contributed by atoms with Crippen LogP contribution in [0.15, 0.2) is 24.4 Å². The SMILES string of the molecule is CCc1cnc(CNC(=O)c2ccc3c(c2)CC(=O)N3)s1. The maximum absolute atomic E-state index is 12.1. The van der Waals surface area contributed by atoms with Gasteiger partial charge in [0.1, 0.15) is 5.01 Å². The van der Waals surface area contributed by atoms with Gasteiger partial charge in [-0.25, -0.2) is 4.98 Å². The molecule has 2 N–H and O–H groups in total. The van der Waals surface area contributed by atoms with Gasteiger partial charge in [-0.05, 0) is 30.2 Å². The number of hydrogen-bond donors (Lipinski definition) is 2. The summed E-state index contributed by atoms with van der Waals surface area (Å²) in [4.78, 5) is 28.9. The van der Waals surface area contributed by atoms with Gasteiger partial charge in [-0.1, -0.05) is 6.92 Å². The molecule has 2 aromatic rings. The quantitative estimate of drug-likeness (QED) is 0.909. The number of benzene rings is 1. The third-order valence-electron chi connectivity index (χ3n) is 3.34. The first-order valence-electron chi connectivity index (χ1n) is 6.80. The monoisotopic (exact) mass is 301 g/mol. The lowest BCUT2D eigenvalue weighted by molar-refractivity contribution is -0.115. The number of thiazole rings is 1. The number of anilines is 1. The fourth-order valence-corrected chi connectivity index (χ4v) is 3.02. The van der Waals surface area contributed by atoms with E-state index in [2.05, 4.69) is 22.5 Å². The van der Waals surface area contributed by atoms with E-state index in [0.717, 1.165) is 22.7 Å². The third-order valence-corrected chi connectivity index (χ3v) is 4.48. The molecule has 6 heteroatoms. The number of aromatic nitrogens is 1. The fourth-order valence-electron chi connectivity index (χ4n) is 2.22. The lowest BCUT2D eigenvalue weighted by Crippen LogP contribution is -2.22. The maximum Gasteiger partial charge on any atom is 0.251 e. The number of carbonyl (C=O) groups is 2. The fraction of sp³-hybridized carbons (Fsp3) is 0.267. The number of nitrogens with zero attached hydrogens (tertiary/aromatic N) is 1. The second kappa shape index (κ2) is 5.65. The van der Waals surface area contributed by atoms with Crippen molar-refractivity contribution in [2.75, 3.05) is 5.32 Å². The van der Waals surface area contributed by atoms with Crippen LogP contribution in [0.1, 0.15) is 32.7 Å². The van der Waals surface area contributed by atoms with Crippen LogP contribution < -0.4 is 10.6 Å². The number of carbonyl (C=O) groups excluding carboxylic acids is 2. The number of rotatable bonds is 4. The lowest BCUT2D eigenvalue weighted by Gasteiger charge is -2.05. The molecular weight excluding hydrogens is 286 g/mol. The van der Waals surface area contributed by atoms with E-state index in [-0.39, 0.29) is 11.8 Å². The molecule has 0 fully saturated rings. The van der Waals surface area contributed by atoms with Gasteiger partial charge in [-0.15, -0.1) is 11.3 Å². The van der Waals surface area contributed by atoms with Crippen molar-refractivity contribution in [3.63, 3.8) is 0 Å². The predicted molar refractivity (Wildman–Crippen MR) is 81.4 cm³/mol. The second-order valence-electron chi connectivity index (χ2n) is 4.85. The number of fused-ring (bicyclic) bond motifs is 1. The molecule has 1 aromatic heterocycles. The molecule has 0 aliphatic carbocycles. The van der Waals surface area contributed by atoms with E-state index < -0.39 is 0 Å². The first-order valence-corrected chi connectivity index (χ1v) is 7.62. The van der Waals surface area contributed by atoms with Crippen molar-refractivity contribution in [2.24, 2.45) is 0 Å². The highest BCUT2D eigenvalue weighted by atomic mass is 32.1. The van der Waals surface area contributed by atoms with Crippen molar-refractivity contribution in [3.05, 3.63) is 45.4 Å². The van der Waals surface area contributed by atoms with Crippen LogP contribution in [0.3, 0.4) is 0 Å². The summed E-state index contributed by atoms with van der Waals surface area (Å²) in [6, 6.07) is 5.26. The minimum atomic E-state index is -0.148. The van der Waals surface area contributed by atoms with Crippen LogP contribution in [-0.2, 0) is 24.2 Å². The third kappa shape index (κ3) is 2.95. The molecule has 0 saturated heterocycles. The average Bonchev–Trinajstić information content (AvgIpc) is 3.08. The second-order valence-corrected chi connectivity index (χ2v) is 6.05. The Hall–Kier alpha value is -2.21. The number of amides is 2. The molecule has 0 spiro atoms. The summed E-state index contributed by atoms with van der Waals surface area (Å²) in [6.45, 7) is 2.51. The summed E-state index contributed by atoms with van der Waals surface area (Å²) in [7, 11) is 0. The molecule has 0 radical (unpaired) electrons. The van der Waals surface area contributed by atoms with Crippen molar-refractivity contribution in [3.8, 4) is 0 Å². The molecule has 0 saturated carbocycles. The van der Waals surface area contributed by atoms with Crippen molar-refractivity contribution in [2.45, 2.75) is 26.3 Å². The van der Waals surface area contributed by atoms with Gasteiger partial charge in [0.15, 0.2) is 0 Å². The number of aryl methyl sites for hydroxylation is 1. The highest BCUT2D eigenvalue weighted by Gasteiger charge is 2.19. The Kier molecular flexibility index (Phi) is 3.70. The predicted octanol–water partition coefficient (Wildman–Crippen LogP) is 2.13. The molecule has 2 heterocycles. The normalized spacial score (nSPS) is 12.9. The smallest absolute Gasteiger partial charge is 0.251 e. The summed E-state index contributed by atoms with van der Waals surface area (Å²) in [6.07, 6.45) is 3.14. The zero-order chi connectivity index (χ0) is 14.8. The Morgan fingerprint density at radius 3 is 3.10 bits per heavy atom. The molecule has 0 bridgehead atoms. The van der Waals surface area contributed by atoms with E-state index in [4.69, 9.17) is 0 Å². The molecule has 108 valence electrons. The average molecular weight is 301 g/mol. The van der Waals surface area contributed by atoms with Gasteiger partial charge in [0, 0.05) is 22.3 Å². The van der Waals surface area contributed by atoms with Crippen molar-refractivity contribution in [1.82, 2.24) is 10.3 Å². The van der Waals surface area contributed by atoms with Crippen LogP contribution in [0.4, 0.5) is 5.69 Å². The number of hydrogen-bond acceptors (Lipinski definition) is 4. The van der Waals surface area contributed by atoms with E-state index in [1.807, 2.05) is 6.20 Å². The van der Waals surface area contributed by atoms with E-state index in [1.165, 1.54) is 4.88 Å². The Bertz CT molecular complexity index is 709. The Balaban J connectivity index is 1.66. The van der Waals surface area contributed by atoms with Gasteiger partial charge in [0.25, 0.3) is 5.91 Å². The van der Waals surface area contributed by atoms with Gasteiger partial charge < -0.3 is 10.6 Å². The van der Waals surface area contributed by atoms with Crippen molar-refractivity contribution in [1.29, 1.82) is 0 Å².